The fourth-order valence-electron chi connectivity index (χ4n) is 3.63. The lowest BCUT2D eigenvalue weighted by atomic mass is 9.98. The summed E-state index contributed by atoms with van der Waals surface area (Å²) in [6.45, 7) is 9.48. The molecule has 7 nitrogen and oxygen atoms in total. The van der Waals surface area contributed by atoms with Crippen molar-refractivity contribution in [1.82, 2.24) is 4.57 Å². The summed E-state index contributed by atoms with van der Waals surface area (Å²) in [6.07, 6.45) is 0.478. The van der Waals surface area contributed by atoms with E-state index in [1.807, 2.05) is 45.0 Å². The number of nitrogens with zero attached hydrogens (tertiary/aromatic N) is 2. The van der Waals surface area contributed by atoms with Crippen molar-refractivity contribution >= 4 is 16.8 Å². The molecule has 0 aliphatic rings. The molecule has 0 saturated heterocycles. The molecule has 0 atom stereocenters. The van der Waals surface area contributed by atoms with Gasteiger partial charge in [-0.25, -0.2) is 0 Å². The Balaban J connectivity index is 2.11. The number of ether oxygens (including phenoxy) is 1. The van der Waals surface area contributed by atoms with Crippen LogP contribution in [0.15, 0.2) is 27.4 Å². The molecule has 0 spiro atoms. The van der Waals surface area contributed by atoms with Crippen molar-refractivity contribution in [2.75, 3.05) is 6.61 Å². The molecule has 0 aliphatic heterocycles. The number of benzene rings is 1. The van der Waals surface area contributed by atoms with Gasteiger partial charge in [-0.15, -0.1) is 0 Å². The molecule has 0 radical (unpaired) electrons. The number of aromatic nitrogens is 1. The second kappa shape index (κ2) is 8.78. The van der Waals surface area contributed by atoms with Gasteiger partial charge in [-0.2, -0.15) is 5.26 Å². The Labute approximate surface area is 180 Å². The van der Waals surface area contributed by atoms with Crippen molar-refractivity contribution in [3.05, 3.63) is 62.1 Å². The summed E-state index contributed by atoms with van der Waals surface area (Å²) in [5.41, 5.74) is 1.44. The summed E-state index contributed by atoms with van der Waals surface area (Å²) in [6, 6.07) is 7.52. The quantitative estimate of drug-likeness (QED) is 0.453. The maximum Gasteiger partial charge on any atom is 0.271 e. The van der Waals surface area contributed by atoms with E-state index in [9.17, 15) is 20.0 Å². The molecule has 2 heterocycles. The number of ketones is 1. The number of fused-ring (bicyclic) bond motifs is 1. The minimum Gasteiger partial charge on any atom is -0.494 e. The van der Waals surface area contributed by atoms with Gasteiger partial charge in [-0.1, -0.05) is 12.1 Å². The van der Waals surface area contributed by atoms with Gasteiger partial charge in [-0.3, -0.25) is 14.2 Å². The largest absolute Gasteiger partial charge is 0.494 e. The molecule has 31 heavy (non-hydrogen) atoms. The lowest BCUT2D eigenvalue weighted by Gasteiger charge is -2.15. The molecule has 7 heteroatoms. The first kappa shape index (κ1) is 22.3. The standard InChI is InChI=1S/C24H26N2O5/c1-13(2)30-10-6-9-26-23(28)18(12-25)15(4)20(24(26)29)21(27)22-16(5)17-8-7-14(3)11-19(17)31-22/h7-8,11,13,29H,6,9-10H2,1-5H3. The molecule has 0 fully saturated rings. The Morgan fingerprint density at radius 2 is 1.97 bits per heavy atom. The number of hydrogen-bond acceptors (Lipinski definition) is 6. The lowest BCUT2D eigenvalue weighted by molar-refractivity contribution is 0.0743. The number of carbonyl (C=O) groups is 1. The van der Waals surface area contributed by atoms with Crippen LogP contribution < -0.4 is 5.56 Å². The molecule has 3 rings (SSSR count). The molecule has 1 N–H and O–H groups in total. The van der Waals surface area contributed by atoms with Gasteiger partial charge in [0.15, 0.2) is 5.76 Å². The molecular weight excluding hydrogens is 396 g/mol. The van der Waals surface area contributed by atoms with Gasteiger partial charge in [0.2, 0.25) is 11.7 Å². The number of hydrogen-bond donors (Lipinski definition) is 1. The predicted octanol–water partition coefficient (Wildman–Crippen LogP) is 4.14. The fourth-order valence-corrected chi connectivity index (χ4v) is 3.63. The summed E-state index contributed by atoms with van der Waals surface area (Å²) in [7, 11) is 0. The monoisotopic (exact) mass is 422 g/mol. The molecule has 0 amide bonds. The SMILES string of the molecule is Cc1ccc2c(C)c(C(=O)c3c(C)c(C#N)c(=O)n(CCCOC(C)C)c3O)oc2c1. The van der Waals surface area contributed by atoms with Crippen molar-refractivity contribution in [2.45, 2.75) is 53.7 Å². The molecule has 0 aliphatic carbocycles. The lowest BCUT2D eigenvalue weighted by Crippen LogP contribution is -2.27. The highest BCUT2D eigenvalue weighted by Gasteiger charge is 2.28. The summed E-state index contributed by atoms with van der Waals surface area (Å²) in [5.74, 6) is -0.951. The average Bonchev–Trinajstić information content (AvgIpc) is 3.03. The highest BCUT2D eigenvalue weighted by Crippen LogP contribution is 2.31. The summed E-state index contributed by atoms with van der Waals surface area (Å²) >= 11 is 0. The van der Waals surface area contributed by atoms with E-state index < -0.39 is 17.2 Å². The number of furan rings is 1. The highest BCUT2D eigenvalue weighted by molar-refractivity contribution is 6.12. The van der Waals surface area contributed by atoms with E-state index in [0.29, 0.717) is 24.2 Å². The summed E-state index contributed by atoms with van der Waals surface area (Å²) in [5, 5.41) is 21.2. The zero-order valence-corrected chi connectivity index (χ0v) is 18.4. The maximum atomic E-state index is 13.4. The van der Waals surface area contributed by atoms with E-state index in [1.54, 1.807) is 6.92 Å². The molecule has 1 aromatic carbocycles. The van der Waals surface area contributed by atoms with Crippen LogP contribution in [-0.4, -0.2) is 28.2 Å². The topological polar surface area (TPSA) is 105 Å². The number of nitriles is 1. The van der Waals surface area contributed by atoms with Crippen LogP contribution in [-0.2, 0) is 11.3 Å². The molecular formula is C24H26N2O5. The molecule has 0 unspecified atom stereocenters. The van der Waals surface area contributed by atoms with E-state index in [0.717, 1.165) is 15.5 Å². The zero-order chi connectivity index (χ0) is 22.9. The van der Waals surface area contributed by atoms with Gasteiger partial charge < -0.3 is 14.3 Å². The third kappa shape index (κ3) is 4.12. The number of aryl methyl sites for hydroxylation is 2. The summed E-state index contributed by atoms with van der Waals surface area (Å²) in [4.78, 5) is 26.1. The Hall–Kier alpha value is -3.37. The Morgan fingerprint density at radius 1 is 1.26 bits per heavy atom. The molecule has 2 aromatic heterocycles. The van der Waals surface area contributed by atoms with Crippen molar-refractivity contribution in [2.24, 2.45) is 0 Å². The van der Waals surface area contributed by atoms with Crippen LogP contribution in [0.3, 0.4) is 0 Å². The van der Waals surface area contributed by atoms with Gasteiger partial charge in [0.05, 0.1) is 11.7 Å². The summed E-state index contributed by atoms with van der Waals surface area (Å²) < 4.78 is 12.4. The maximum absolute atomic E-state index is 13.4. The van der Waals surface area contributed by atoms with E-state index in [1.165, 1.54) is 6.92 Å². The number of aromatic hydroxyl groups is 1. The van der Waals surface area contributed by atoms with Crippen LogP contribution in [0.25, 0.3) is 11.0 Å². The Bertz CT molecular complexity index is 1260. The van der Waals surface area contributed by atoms with Crippen molar-refractivity contribution in [3.8, 4) is 11.9 Å². The van der Waals surface area contributed by atoms with Crippen molar-refractivity contribution < 1.29 is 19.1 Å². The van der Waals surface area contributed by atoms with Crippen LogP contribution in [0.5, 0.6) is 5.88 Å². The van der Waals surface area contributed by atoms with Crippen LogP contribution in [0, 0.1) is 32.1 Å². The van der Waals surface area contributed by atoms with Crippen LogP contribution in [0.1, 0.15) is 58.6 Å². The second-order valence-corrected chi connectivity index (χ2v) is 7.93. The highest BCUT2D eigenvalue weighted by atomic mass is 16.5. The van der Waals surface area contributed by atoms with Crippen molar-refractivity contribution in [1.29, 1.82) is 5.26 Å². The van der Waals surface area contributed by atoms with E-state index >= 15 is 0 Å². The van der Waals surface area contributed by atoms with Crippen LogP contribution in [0.2, 0.25) is 0 Å². The first-order chi connectivity index (χ1) is 14.7. The minimum absolute atomic E-state index is 0.0369. The molecule has 3 aromatic rings. The normalized spacial score (nSPS) is 11.3. The van der Waals surface area contributed by atoms with Gasteiger partial charge >= 0.3 is 0 Å². The second-order valence-electron chi connectivity index (χ2n) is 7.93. The third-order valence-corrected chi connectivity index (χ3v) is 5.30. The Kier molecular flexibility index (Phi) is 6.32. The van der Waals surface area contributed by atoms with Crippen LogP contribution in [0.4, 0.5) is 0 Å². The van der Waals surface area contributed by atoms with Gasteiger partial charge in [0.1, 0.15) is 17.2 Å². The fraction of sp³-hybridized carbons (Fsp3) is 0.375. The van der Waals surface area contributed by atoms with E-state index in [2.05, 4.69) is 0 Å². The molecule has 0 bridgehead atoms. The van der Waals surface area contributed by atoms with Crippen molar-refractivity contribution in [3.63, 3.8) is 0 Å². The zero-order valence-electron chi connectivity index (χ0n) is 18.4. The van der Waals surface area contributed by atoms with E-state index in [4.69, 9.17) is 9.15 Å². The first-order valence-corrected chi connectivity index (χ1v) is 10.2. The van der Waals surface area contributed by atoms with E-state index in [-0.39, 0.29) is 35.1 Å². The number of rotatable bonds is 7. The number of carbonyl (C=O) groups excluding carboxylic acids is 1. The number of pyridine rings is 1. The third-order valence-electron chi connectivity index (χ3n) is 5.30. The van der Waals surface area contributed by atoms with Gasteiger partial charge in [-0.05, 0) is 58.2 Å². The molecule has 162 valence electrons. The minimum atomic E-state index is -0.629. The average molecular weight is 422 g/mol. The van der Waals surface area contributed by atoms with Crippen LogP contribution >= 0.6 is 0 Å². The van der Waals surface area contributed by atoms with Gasteiger partial charge in [0.25, 0.3) is 5.56 Å². The van der Waals surface area contributed by atoms with Gasteiger partial charge in [0, 0.05) is 24.1 Å². The smallest absolute Gasteiger partial charge is 0.271 e. The molecule has 0 saturated carbocycles. The Morgan fingerprint density at radius 3 is 2.61 bits per heavy atom. The first-order valence-electron chi connectivity index (χ1n) is 10.2. The predicted molar refractivity (Wildman–Crippen MR) is 117 cm³/mol.